The molecule has 0 saturated carbocycles. The summed E-state index contributed by atoms with van der Waals surface area (Å²) in [7, 11) is 0. The highest BCUT2D eigenvalue weighted by Gasteiger charge is 2.21. The van der Waals surface area contributed by atoms with E-state index in [0.29, 0.717) is 16.0 Å². The molecule has 1 aromatic carbocycles. The van der Waals surface area contributed by atoms with Crippen molar-refractivity contribution in [3.63, 3.8) is 0 Å². The van der Waals surface area contributed by atoms with Crippen LogP contribution in [0.4, 0.5) is 0 Å². The number of rotatable bonds is 3. The van der Waals surface area contributed by atoms with Gasteiger partial charge >= 0.3 is 5.97 Å². The molecule has 0 spiro atoms. The predicted octanol–water partition coefficient (Wildman–Crippen LogP) is 2.86. The average molecular weight is 340 g/mol. The van der Waals surface area contributed by atoms with E-state index in [9.17, 15) is 9.59 Å². The second-order valence-electron chi connectivity index (χ2n) is 5.12. The van der Waals surface area contributed by atoms with Crippen LogP contribution in [0, 0.1) is 5.92 Å². The van der Waals surface area contributed by atoms with Crippen LogP contribution in [0.3, 0.4) is 0 Å². The number of esters is 1. The molecule has 0 atom stereocenters. The minimum atomic E-state index is -0.476. The molecule has 5 heteroatoms. The van der Waals surface area contributed by atoms with Gasteiger partial charge in [0, 0.05) is 17.6 Å². The lowest BCUT2D eigenvalue weighted by Crippen LogP contribution is -2.40. The van der Waals surface area contributed by atoms with Crippen molar-refractivity contribution < 1.29 is 14.3 Å². The number of nitrogens with zero attached hydrogens (tertiary/aromatic N) is 1. The molecule has 0 radical (unpaired) electrons. The summed E-state index contributed by atoms with van der Waals surface area (Å²) in [5.41, 5.74) is 0.438. The maximum atomic E-state index is 12.0. The molecule has 2 rings (SSSR count). The highest BCUT2D eigenvalue weighted by molar-refractivity contribution is 9.10. The summed E-state index contributed by atoms with van der Waals surface area (Å²) in [6.07, 6.45) is 2.04. The third-order valence-electron chi connectivity index (χ3n) is 3.56. The minimum Gasteiger partial charge on any atom is -0.452 e. The fourth-order valence-electron chi connectivity index (χ4n) is 2.18. The number of carbonyl (C=O) groups is 2. The molecule has 1 aliphatic heterocycles. The van der Waals surface area contributed by atoms with E-state index in [1.807, 2.05) is 6.07 Å². The lowest BCUT2D eigenvalue weighted by molar-refractivity contribution is -0.135. The molecule has 0 unspecified atom stereocenters. The van der Waals surface area contributed by atoms with Crippen LogP contribution in [0.25, 0.3) is 0 Å². The Morgan fingerprint density at radius 3 is 2.60 bits per heavy atom. The van der Waals surface area contributed by atoms with E-state index in [1.54, 1.807) is 23.1 Å². The zero-order valence-electron chi connectivity index (χ0n) is 11.5. The lowest BCUT2D eigenvalue weighted by atomic mass is 9.99. The van der Waals surface area contributed by atoms with E-state index in [1.165, 1.54) is 0 Å². The van der Waals surface area contributed by atoms with Crippen LogP contribution in [0.2, 0.25) is 0 Å². The molecule has 0 N–H and O–H groups in total. The van der Waals surface area contributed by atoms with Gasteiger partial charge in [-0.25, -0.2) is 4.79 Å². The van der Waals surface area contributed by atoms with Gasteiger partial charge in [-0.2, -0.15) is 0 Å². The highest BCUT2D eigenvalue weighted by atomic mass is 79.9. The zero-order valence-corrected chi connectivity index (χ0v) is 13.1. The van der Waals surface area contributed by atoms with Gasteiger partial charge in [0.05, 0.1) is 5.56 Å². The van der Waals surface area contributed by atoms with Crippen molar-refractivity contribution in [3.05, 3.63) is 34.3 Å². The topological polar surface area (TPSA) is 46.6 Å². The normalized spacial score (nSPS) is 16.0. The van der Waals surface area contributed by atoms with E-state index >= 15 is 0 Å². The van der Waals surface area contributed by atoms with Crippen LogP contribution in [-0.2, 0) is 9.53 Å². The largest absolute Gasteiger partial charge is 0.452 e. The lowest BCUT2D eigenvalue weighted by Gasteiger charge is -2.30. The number of hydrogen-bond donors (Lipinski definition) is 0. The van der Waals surface area contributed by atoms with Crippen LogP contribution in [0.1, 0.15) is 30.1 Å². The molecule has 4 nitrogen and oxygen atoms in total. The summed E-state index contributed by atoms with van der Waals surface area (Å²) in [6, 6.07) is 7.01. The summed E-state index contributed by atoms with van der Waals surface area (Å²) in [5, 5.41) is 0. The second kappa shape index (κ2) is 6.88. The third kappa shape index (κ3) is 3.82. The summed E-state index contributed by atoms with van der Waals surface area (Å²) in [5.74, 6) is 0.0791. The Bertz CT molecular complexity index is 496. The first kappa shape index (κ1) is 15.0. The molecule has 1 amide bonds. The van der Waals surface area contributed by atoms with Gasteiger partial charge in [-0.1, -0.05) is 19.1 Å². The van der Waals surface area contributed by atoms with Crippen molar-refractivity contribution in [2.24, 2.45) is 5.92 Å². The van der Waals surface area contributed by atoms with E-state index in [0.717, 1.165) is 25.9 Å². The fraction of sp³-hybridized carbons (Fsp3) is 0.467. The average Bonchev–Trinajstić information content (AvgIpc) is 2.45. The predicted molar refractivity (Wildman–Crippen MR) is 79.4 cm³/mol. The molecule has 0 aliphatic carbocycles. The number of benzene rings is 1. The van der Waals surface area contributed by atoms with Crippen LogP contribution in [-0.4, -0.2) is 36.5 Å². The first-order valence-corrected chi connectivity index (χ1v) is 7.56. The van der Waals surface area contributed by atoms with Crippen LogP contribution in [0.5, 0.6) is 0 Å². The summed E-state index contributed by atoms with van der Waals surface area (Å²) in [4.78, 5) is 25.6. The van der Waals surface area contributed by atoms with Crippen molar-refractivity contribution in [2.45, 2.75) is 19.8 Å². The van der Waals surface area contributed by atoms with E-state index < -0.39 is 5.97 Å². The van der Waals surface area contributed by atoms with Gasteiger partial charge in [-0.15, -0.1) is 0 Å². The summed E-state index contributed by atoms with van der Waals surface area (Å²) >= 11 is 3.29. The molecule has 1 aromatic rings. The number of likely N-dealkylation sites (tertiary alicyclic amines) is 1. The highest BCUT2D eigenvalue weighted by Crippen LogP contribution is 2.18. The molecule has 0 bridgehead atoms. The van der Waals surface area contributed by atoms with Crippen molar-refractivity contribution in [3.8, 4) is 0 Å². The number of carbonyl (C=O) groups excluding carboxylic acids is 2. The van der Waals surface area contributed by atoms with Crippen LogP contribution < -0.4 is 0 Å². The molecule has 1 saturated heterocycles. The maximum Gasteiger partial charge on any atom is 0.339 e. The van der Waals surface area contributed by atoms with Gasteiger partial charge in [0.2, 0.25) is 0 Å². The van der Waals surface area contributed by atoms with Gasteiger partial charge < -0.3 is 9.64 Å². The second-order valence-corrected chi connectivity index (χ2v) is 5.97. The Balaban J connectivity index is 1.84. The number of hydrogen-bond acceptors (Lipinski definition) is 3. The Kier molecular flexibility index (Phi) is 5.17. The summed E-state index contributed by atoms with van der Waals surface area (Å²) < 4.78 is 5.76. The van der Waals surface area contributed by atoms with E-state index in [-0.39, 0.29) is 12.5 Å². The van der Waals surface area contributed by atoms with E-state index in [2.05, 4.69) is 22.9 Å². The van der Waals surface area contributed by atoms with Crippen molar-refractivity contribution in [2.75, 3.05) is 19.7 Å². The number of piperidine rings is 1. The first-order chi connectivity index (χ1) is 9.58. The smallest absolute Gasteiger partial charge is 0.339 e. The Labute approximate surface area is 127 Å². The molecular formula is C15H18BrNO3. The summed E-state index contributed by atoms with van der Waals surface area (Å²) in [6.45, 7) is 3.52. The van der Waals surface area contributed by atoms with Crippen molar-refractivity contribution in [1.29, 1.82) is 0 Å². The molecule has 1 heterocycles. The number of ether oxygens (including phenoxy) is 1. The maximum absolute atomic E-state index is 12.0. The van der Waals surface area contributed by atoms with E-state index in [4.69, 9.17) is 4.74 Å². The quantitative estimate of drug-likeness (QED) is 0.795. The molecule has 1 fully saturated rings. The first-order valence-electron chi connectivity index (χ1n) is 6.77. The monoisotopic (exact) mass is 339 g/mol. The Morgan fingerprint density at radius 2 is 1.95 bits per heavy atom. The van der Waals surface area contributed by atoms with Gasteiger partial charge in [0.15, 0.2) is 6.61 Å². The molecule has 108 valence electrons. The molecule has 1 aliphatic rings. The molecular weight excluding hydrogens is 322 g/mol. The Morgan fingerprint density at radius 1 is 1.30 bits per heavy atom. The molecule has 0 aromatic heterocycles. The SMILES string of the molecule is CC1CCN(C(=O)COC(=O)c2ccccc2Br)CC1. The number of amides is 1. The van der Waals surface area contributed by atoms with Gasteiger partial charge in [-0.3, -0.25) is 4.79 Å². The van der Waals surface area contributed by atoms with Crippen LogP contribution in [0.15, 0.2) is 28.7 Å². The third-order valence-corrected chi connectivity index (χ3v) is 4.25. The van der Waals surface area contributed by atoms with Gasteiger partial charge in [0.25, 0.3) is 5.91 Å². The number of halogens is 1. The van der Waals surface area contributed by atoms with Gasteiger partial charge in [0.1, 0.15) is 0 Å². The van der Waals surface area contributed by atoms with Crippen molar-refractivity contribution >= 4 is 27.8 Å². The van der Waals surface area contributed by atoms with Crippen molar-refractivity contribution in [1.82, 2.24) is 4.90 Å². The minimum absolute atomic E-state index is 0.114. The fourth-order valence-corrected chi connectivity index (χ4v) is 2.63. The zero-order chi connectivity index (χ0) is 14.5. The van der Waals surface area contributed by atoms with Gasteiger partial charge in [-0.05, 0) is 46.8 Å². The van der Waals surface area contributed by atoms with Crippen LogP contribution >= 0.6 is 15.9 Å². The molecule has 20 heavy (non-hydrogen) atoms. The Hall–Kier alpha value is -1.36. The standard InChI is InChI=1S/C15H18BrNO3/c1-11-6-8-17(9-7-11)14(18)10-20-15(19)12-4-2-3-5-13(12)16/h2-5,11H,6-10H2,1H3.